The van der Waals surface area contributed by atoms with Crippen LogP contribution >= 0.6 is 0 Å². The van der Waals surface area contributed by atoms with E-state index in [9.17, 15) is 0 Å². The maximum atomic E-state index is 6.67. The topological polar surface area (TPSA) is 21.3 Å². The lowest BCUT2D eigenvalue weighted by molar-refractivity contribution is 0.271. The molecule has 0 radical (unpaired) electrons. The molecule has 0 bridgehead atoms. The fourth-order valence-corrected chi connectivity index (χ4v) is 0.590. The summed E-state index contributed by atoms with van der Waals surface area (Å²) >= 11 is 0. The molecule has 48 valence electrons. The molecule has 9 heavy (non-hydrogen) atoms. The van der Waals surface area contributed by atoms with Gasteiger partial charge in [-0.05, 0) is 12.1 Å². The van der Waals surface area contributed by atoms with Crippen LogP contribution in [0.3, 0.4) is 0 Å². The van der Waals surface area contributed by atoms with Gasteiger partial charge in [0.2, 0.25) is 0 Å². The highest BCUT2D eigenvalue weighted by Gasteiger charge is 1.82. The molecule has 0 unspecified atom stereocenters. The third kappa shape index (κ3) is 1.74. The second kappa shape index (κ2) is 3.10. The Labute approximate surface area is 55.8 Å². The van der Waals surface area contributed by atoms with E-state index in [1.54, 1.807) is 0 Å². The van der Waals surface area contributed by atoms with Crippen LogP contribution in [0, 0.1) is 0 Å². The standard InChI is InChI=1S/C7H9NO/c1-9-8-7-5-3-2-4-6-7/h2-6,8H,1H3/i1D. The van der Waals surface area contributed by atoms with Gasteiger partial charge in [0.15, 0.2) is 0 Å². The number of hydrogen-bond acceptors (Lipinski definition) is 2. The third-order valence-electron chi connectivity index (χ3n) is 0.964. The van der Waals surface area contributed by atoms with Crippen molar-refractivity contribution in [2.75, 3.05) is 12.6 Å². The van der Waals surface area contributed by atoms with Crippen LogP contribution in [0.15, 0.2) is 30.3 Å². The minimum absolute atomic E-state index is 0.0745. The second-order valence-corrected chi connectivity index (χ2v) is 1.61. The maximum absolute atomic E-state index is 6.67. The van der Waals surface area contributed by atoms with Crippen LogP contribution in [0.5, 0.6) is 0 Å². The first-order chi connectivity index (χ1) is 4.93. The monoisotopic (exact) mass is 124 g/mol. The lowest BCUT2D eigenvalue weighted by atomic mass is 10.3. The van der Waals surface area contributed by atoms with Gasteiger partial charge in [-0.2, -0.15) is 0 Å². The van der Waals surface area contributed by atoms with Crippen LogP contribution in [0.2, 0.25) is 0 Å². The zero-order chi connectivity index (χ0) is 7.23. The van der Waals surface area contributed by atoms with Gasteiger partial charge in [-0.1, -0.05) is 18.2 Å². The van der Waals surface area contributed by atoms with Gasteiger partial charge in [-0.3, -0.25) is 10.3 Å². The highest BCUT2D eigenvalue weighted by atomic mass is 16.6. The van der Waals surface area contributed by atoms with Crippen molar-refractivity contribution in [3.8, 4) is 0 Å². The van der Waals surface area contributed by atoms with E-state index < -0.39 is 0 Å². The van der Waals surface area contributed by atoms with Crippen molar-refractivity contribution in [2.24, 2.45) is 0 Å². The molecule has 1 N–H and O–H groups in total. The van der Waals surface area contributed by atoms with Crippen LogP contribution < -0.4 is 5.48 Å². The highest BCUT2D eigenvalue weighted by molar-refractivity contribution is 5.39. The molecule has 1 rings (SSSR count). The molecule has 0 saturated heterocycles. The average molecular weight is 124 g/mol. The van der Waals surface area contributed by atoms with Crippen molar-refractivity contribution in [3.63, 3.8) is 0 Å². The molecule has 0 fully saturated rings. The second-order valence-electron chi connectivity index (χ2n) is 1.61. The van der Waals surface area contributed by atoms with Gasteiger partial charge in [0, 0.05) is 0 Å². The summed E-state index contributed by atoms with van der Waals surface area (Å²) in [5, 5.41) is 0. The molecule has 0 aliphatic heterocycles. The molecule has 0 spiro atoms. The lowest BCUT2D eigenvalue weighted by Crippen LogP contribution is -1.93. The largest absolute Gasteiger partial charge is 0.279 e. The Morgan fingerprint density at radius 3 is 2.89 bits per heavy atom. The van der Waals surface area contributed by atoms with Crippen molar-refractivity contribution >= 4 is 5.69 Å². The highest BCUT2D eigenvalue weighted by Crippen LogP contribution is 2.03. The Hall–Kier alpha value is -1.02. The van der Waals surface area contributed by atoms with Crippen LogP contribution in [-0.4, -0.2) is 7.09 Å². The first kappa shape index (κ1) is 4.82. The van der Waals surface area contributed by atoms with E-state index in [0.717, 1.165) is 5.69 Å². The Morgan fingerprint density at radius 2 is 2.22 bits per heavy atom. The van der Waals surface area contributed by atoms with E-state index in [-0.39, 0.29) is 7.09 Å². The van der Waals surface area contributed by atoms with Crippen LogP contribution in [0.1, 0.15) is 1.37 Å². The fourth-order valence-electron chi connectivity index (χ4n) is 0.590. The van der Waals surface area contributed by atoms with Crippen molar-refractivity contribution in [3.05, 3.63) is 30.3 Å². The van der Waals surface area contributed by atoms with E-state index >= 15 is 0 Å². The Kier molecular flexibility index (Phi) is 1.66. The van der Waals surface area contributed by atoms with Gasteiger partial charge in [-0.25, -0.2) is 0 Å². The first-order valence-electron chi connectivity index (χ1n) is 3.36. The summed E-state index contributed by atoms with van der Waals surface area (Å²) in [5.41, 5.74) is 3.48. The summed E-state index contributed by atoms with van der Waals surface area (Å²) in [4.78, 5) is 4.64. The van der Waals surface area contributed by atoms with Crippen LogP contribution in [0.4, 0.5) is 5.69 Å². The molecule has 1 aromatic rings. The number of anilines is 1. The third-order valence-corrected chi connectivity index (χ3v) is 0.964. The predicted molar refractivity (Wildman–Crippen MR) is 37.1 cm³/mol. The molecule has 0 aliphatic carbocycles. The summed E-state index contributed by atoms with van der Waals surface area (Å²) in [7, 11) is -0.0745. The van der Waals surface area contributed by atoms with Gasteiger partial charge in [0.25, 0.3) is 0 Å². The maximum Gasteiger partial charge on any atom is 0.0636 e. The summed E-state index contributed by atoms with van der Waals surface area (Å²) in [5.74, 6) is 0. The van der Waals surface area contributed by atoms with Crippen molar-refractivity contribution in [1.82, 2.24) is 0 Å². The van der Waals surface area contributed by atoms with Gasteiger partial charge in [-0.15, -0.1) is 0 Å². The number of para-hydroxylation sites is 1. The quantitative estimate of drug-likeness (QED) is 0.605. The van der Waals surface area contributed by atoms with E-state index in [2.05, 4.69) is 10.3 Å². The minimum atomic E-state index is -0.0745. The molecule has 0 amide bonds. The molecule has 0 aromatic heterocycles. The fraction of sp³-hybridized carbons (Fsp3) is 0.143. The molecular formula is C7H9NO. The van der Waals surface area contributed by atoms with Gasteiger partial charge in [0.05, 0.1) is 14.1 Å². The average Bonchev–Trinajstić information content (AvgIpc) is 2.03. The predicted octanol–water partition coefficient (Wildman–Crippen LogP) is 1.66. The molecule has 0 saturated carbocycles. The Morgan fingerprint density at radius 1 is 1.44 bits per heavy atom. The Bertz CT molecular complexity index is 178. The minimum Gasteiger partial charge on any atom is -0.279 e. The molecule has 0 heterocycles. The zero-order valence-electron chi connectivity index (χ0n) is 6.00. The first-order valence-corrected chi connectivity index (χ1v) is 2.65. The molecule has 2 heteroatoms. The van der Waals surface area contributed by atoms with Crippen molar-refractivity contribution in [1.29, 1.82) is 0 Å². The van der Waals surface area contributed by atoms with Gasteiger partial charge in [0.1, 0.15) is 0 Å². The Balaban J connectivity index is 2.43. The summed E-state index contributed by atoms with van der Waals surface area (Å²) in [6.07, 6.45) is 0. The molecule has 1 aromatic carbocycles. The normalized spacial score (nSPS) is 10.4. The van der Waals surface area contributed by atoms with Crippen molar-refractivity contribution in [2.45, 2.75) is 0 Å². The van der Waals surface area contributed by atoms with Crippen LogP contribution in [-0.2, 0) is 4.84 Å². The molecular weight excluding hydrogens is 114 g/mol. The van der Waals surface area contributed by atoms with Gasteiger partial charge < -0.3 is 0 Å². The summed E-state index contributed by atoms with van der Waals surface area (Å²) in [6, 6.07) is 9.46. The van der Waals surface area contributed by atoms with E-state index in [0.29, 0.717) is 0 Å². The zero-order valence-corrected chi connectivity index (χ0v) is 5.00. The van der Waals surface area contributed by atoms with Crippen molar-refractivity contribution < 1.29 is 6.21 Å². The van der Waals surface area contributed by atoms with E-state index in [1.165, 1.54) is 0 Å². The molecule has 0 atom stereocenters. The van der Waals surface area contributed by atoms with Crippen LogP contribution in [0.25, 0.3) is 0 Å². The summed E-state index contributed by atoms with van der Waals surface area (Å²) < 4.78 is 6.67. The SMILES string of the molecule is [2H]CONc1ccccc1. The van der Waals surface area contributed by atoms with E-state index in [1.807, 2.05) is 30.3 Å². The molecule has 2 nitrogen and oxygen atoms in total. The molecule has 0 aliphatic rings. The van der Waals surface area contributed by atoms with Gasteiger partial charge >= 0.3 is 0 Å². The summed E-state index contributed by atoms with van der Waals surface area (Å²) in [6.45, 7) is 0. The van der Waals surface area contributed by atoms with E-state index in [4.69, 9.17) is 1.37 Å². The smallest absolute Gasteiger partial charge is 0.0636 e. The number of nitrogens with one attached hydrogen (secondary N) is 1. The number of rotatable bonds is 2. The lowest BCUT2D eigenvalue weighted by Gasteiger charge is -1.99. The number of benzene rings is 1. The number of hydrogen-bond donors (Lipinski definition) is 1.